The van der Waals surface area contributed by atoms with Crippen molar-refractivity contribution in [2.45, 2.75) is 37.5 Å². The van der Waals surface area contributed by atoms with Gasteiger partial charge in [-0.3, -0.25) is 14.3 Å². The highest BCUT2D eigenvalue weighted by molar-refractivity contribution is 7.71. The molecule has 1 saturated heterocycles. The van der Waals surface area contributed by atoms with E-state index in [1.165, 1.54) is 4.57 Å². The largest absolute Gasteiger partial charge is 0.476 e. The Morgan fingerprint density at radius 1 is 1.64 bits per heavy atom. The van der Waals surface area contributed by atoms with E-state index in [0.717, 1.165) is 5.56 Å². The summed E-state index contributed by atoms with van der Waals surface area (Å²) in [6, 6.07) is 0. The quantitative estimate of drug-likeness (QED) is 0.436. The maximum Gasteiger partial charge on any atom is 0.328 e. The van der Waals surface area contributed by atoms with E-state index < -0.39 is 23.7 Å². The molecule has 1 aliphatic rings. The number of nitrogens with one attached hydrogen (secondary N) is 1. The number of aromatic amines is 1. The van der Waals surface area contributed by atoms with Crippen LogP contribution in [-0.2, 0) is 14.3 Å². The Morgan fingerprint density at radius 3 is 2.95 bits per heavy atom. The summed E-state index contributed by atoms with van der Waals surface area (Å²) < 4.78 is 12.3. The predicted molar refractivity (Wildman–Crippen MR) is 83.2 cm³/mol. The molecule has 0 amide bonds. The molecule has 114 valence electrons. The topological polar surface area (TPSA) is 99.3 Å². The van der Waals surface area contributed by atoms with Crippen LogP contribution < -0.4 is 11.4 Å². The standard InChI is InChI=1S/C12H15B2N3O4S/c1-6-5-17(11(19)16-10(6)22)8-3-2-7(20-8)12(13,14)21-9(18)4-15/h5,7-8H,2-4,15H2,1H3,(H,16,19,22). The molecular weight excluding hydrogens is 304 g/mol. The van der Waals surface area contributed by atoms with Crippen LogP contribution in [0.4, 0.5) is 0 Å². The van der Waals surface area contributed by atoms with Crippen molar-refractivity contribution in [3.05, 3.63) is 26.9 Å². The molecule has 1 aromatic rings. The van der Waals surface area contributed by atoms with Gasteiger partial charge in [-0.1, -0.05) is 12.2 Å². The van der Waals surface area contributed by atoms with Gasteiger partial charge in [0, 0.05) is 11.8 Å². The van der Waals surface area contributed by atoms with Crippen molar-refractivity contribution in [3.63, 3.8) is 0 Å². The zero-order valence-electron chi connectivity index (χ0n) is 12.1. The lowest BCUT2D eigenvalue weighted by atomic mass is 9.61. The lowest BCUT2D eigenvalue weighted by Gasteiger charge is -2.32. The first-order chi connectivity index (χ1) is 10.2. The van der Waals surface area contributed by atoms with Crippen LogP contribution in [0.5, 0.6) is 0 Å². The van der Waals surface area contributed by atoms with Gasteiger partial charge in [-0.2, -0.15) is 0 Å². The Morgan fingerprint density at radius 2 is 2.32 bits per heavy atom. The molecule has 2 heterocycles. The number of aromatic nitrogens is 2. The molecule has 3 N–H and O–H groups in total. The number of ether oxygens (including phenoxy) is 2. The second-order valence-electron chi connectivity index (χ2n) is 5.17. The fourth-order valence-electron chi connectivity index (χ4n) is 2.26. The Bertz CT molecular complexity index is 688. The number of rotatable bonds is 4. The molecule has 0 aliphatic carbocycles. The number of nitrogens with zero attached hydrogens (tertiary/aromatic N) is 1. The van der Waals surface area contributed by atoms with E-state index in [0.29, 0.717) is 17.5 Å². The molecule has 7 nitrogen and oxygen atoms in total. The zero-order valence-corrected chi connectivity index (χ0v) is 12.9. The summed E-state index contributed by atoms with van der Waals surface area (Å²) in [5.41, 5.74) is 5.51. The van der Waals surface area contributed by atoms with Gasteiger partial charge in [0.25, 0.3) is 0 Å². The van der Waals surface area contributed by atoms with Crippen molar-refractivity contribution in [1.29, 1.82) is 0 Å². The lowest BCUT2D eigenvalue weighted by molar-refractivity contribution is -0.154. The Balaban J connectivity index is 2.16. The van der Waals surface area contributed by atoms with E-state index in [-0.39, 0.29) is 12.2 Å². The zero-order chi connectivity index (χ0) is 16.5. The van der Waals surface area contributed by atoms with E-state index in [2.05, 4.69) is 4.98 Å². The highest BCUT2D eigenvalue weighted by Gasteiger charge is 2.39. The first-order valence-electron chi connectivity index (χ1n) is 6.72. The van der Waals surface area contributed by atoms with Gasteiger partial charge in [0.2, 0.25) is 0 Å². The summed E-state index contributed by atoms with van der Waals surface area (Å²) in [5.74, 6) is -0.728. The van der Waals surface area contributed by atoms with E-state index >= 15 is 0 Å². The molecule has 1 aromatic heterocycles. The van der Waals surface area contributed by atoms with Crippen molar-refractivity contribution in [3.8, 4) is 0 Å². The summed E-state index contributed by atoms with van der Waals surface area (Å²) in [4.78, 5) is 25.8. The highest BCUT2D eigenvalue weighted by Crippen LogP contribution is 2.32. The SMILES string of the molecule is [B]C([B])(OC(=O)CN)C1CCC(n2cc(C)c(=S)[nH]c2=O)O1. The molecule has 10 heteroatoms. The summed E-state index contributed by atoms with van der Waals surface area (Å²) in [7, 11) is 11.5. The lowest BCUT2D eigenvalue weighted by Crippen LogP contribution is -2.48. The summed E-state index contributed by atoms with van der Waals surface area (Å²) in [6.45, 7) is 1.45. The summed E-state index contributed by atoms with van der Waals surface area (Å²) in [5, 5.41) is -1.80. The number of esters is 1. The average Bonchev–Trinajstić information content (AvgIpc) is 2.92. The first kappa shape index (κ1) is 17.0. The fourth-order valence-corrected chi connectivity index (χ4v) is 2.40. The van der Waals surface area contributed by atoms with Crippen LogP contribution in [-0.4, -0.2) is 49.3 Å². The molecule has 0 spiro atoms. The van der Waals surface area contributed by atoms with Crippen LogP contribution in [0.2, 0.25) is 0 Å². The number of nitrogens with two attached hydrogens (primary N) is 1. The van der Waals surface area contributed by atoms with Crippen LogP contribution in [0.1, 0.15) is 24.6 Å². The Labute approximate surface area is 135 Å². The molecule has 4 radical (unpaired) electrons. The number of H-pyrrole nitrogens is 1. The van der Waals surface area contributed by atoms with Gasteiger partial charge in [0.1, 0.15) is 26.6 Å². The minimum atomic E-state index is -1.80. The maximum absolute atomic E-state index is 12.0. The van der Waals surface area contributed by atoms with Crippen LogP contribution in [0.25, 0.3) is 0 Å². The number of carbonyl (C=O) groups excluding carboxylic acids is 1. The minimum Gasteiger partial charge on any atom is -0.476 e. The van der Waals surface area contributed by atoms with E-state index in [1.807, 2.05) is 0 Å². The number of aryl methyl sites for hydroxylation is 1. The van der Waals surface area contributed by atoms with Crippen molar-refractivity contribution in [1.82, 2.24) is 9.55 Å². The normalized spacial score (nSPS) is 21.7. The van der Waals surface area contributed by atoms with Crippen molar-refractivity contribution in [2.24, 2.45) is 5.73 Å². The minimum absolute atomic E-state index is 0.333. The van der Waals surface area contributed by atoms with E-state index in [9.17, 15) is 9.59 Å². The third-order valence-corrected chi connectivity index (χ3v) is 3.84. The van der Waals surface area contributed by atoms with E-state index in [4.69, 9.17) is 43.1 Å². The van der Waals surface area contributed by atoms with Gasteiger partial charge in [-0.25, -0.2) is 4.79 Å². The summed E-state index contributed by atoms with van der Waals surface area (Å²) in [6.07, 6.45) is 1.21. The molecular formula is C12H15B2N3O4S. The number of hydrogen-bond acceptors (Lipinski definition) is 6. The molecule has 2 rings (SSSR count). The van der Waals surface area contributed by atoms with Crippen LogP contribution in [0.3, 0.4) is 0 Å². The first-order valence-corrected chi connectivity index (χ1v) is 7.12. The van der Waals surface area contributed by atoms with Gasteiger partial charge in [0.15, 0.2) is 0 Å². The monoisotopic (exact) mass is 319 g/mol. The predicted octanol–water partition coefficient (Wildman–Crippen LogP) is -0.615. The highest BCUT2D eigenvalue weighted by atomic mass is 32.1. The second kappa shape index (κ2) is 6.39. The fraction of sp³-hybridized carbons (Fsp3) is 0.583. The molecule has 1 fully saturated rings. The smallest absolute Gasteiger partial charge is 0.328 e. The maximum atomic E-state index is 12.0. The van der Waals surface area contributed by atoms with E-state index in [1.54, 1.807) is 13.1 Å². The Kier molecular flexibility index (Phi) is 4.93. The van der Waals surface area contributed by atoms with Gasteiger partial charge in [-0.15, -0.1) is 0 Å². The second-order valence-corrected chi connectivity index (χ2v) is 5.58. The molecule has 0 bridgehead atoms. The van der Waals surface area contributed by atoms with Gasteiger partial charge >= 0.3 is 11.7 Å². The van der Waals surface area contributed by atoms with Crippen molar-refractivity contribution < 1.29 is 14.3 Å². The molecule has 0 aromatic carbocycles. The van der Waals surface area contributed by atoms with Gasteiger partial charge in [0.05, 0.1) is 18.0 Å². The van der Waals surface area contributed by atoms with Crippen LogP contribution in [0, 0.1) is 11.6 Å². The van der Waals surface area contributed by atoms with Crippen LogP contribution >= 0.6 is 12.2 Å². The molecule has 2 unspecified atom stereocenters. The van der Waals surface area contributed by atoms with Crippen LogP contribution in [0.15, 0.2) is 11.0 Å². The van der Waals surface area contributed by atoms with Crippen molar-refractivity contribution in [2.75, 3.05) is 6.54 Å². The molecule has 0 saturated carbocycles. The third kappa shape index (κ3) is 3.50. The Hall–Kier alpha value is -1.38. The van der Waals surface area contributed by atoms with Crippen molar-refractivity contribution >= 4 is 33.9 Å². The molecule has 1 aliphatic heterocycles. The molecule has 22 heavy (non-hydrogen) atoms. The van der Waals surface area contributed by atoms with Gasteiger partial charge in [-0.05, 0) is 19.8 Å². The summed E-state index contributed by atoms with van der Waals surface area (Å²) >= 11 is 5.00. The third-order valence-electron chi connectivity index (χ3n) is 3.41. The molecule has 2 atom stereocenters. The average molecular weight is 319 g/mol. The van der Waals surface area contributed by atoms with Gasteiger partial charge < -0.3 is 15.2 Å². The number of carbonyl (C=O) groups is 1. The number of hydrogen-bond donors (Lipinski definition) is 2.